The van der Waals surface area contributed by atoms with Crippen molar-refractivity contribution in [3.63, 3.8) is 0 Å². The van der Waals surface area contributed by atoms with Crippen molar-refractivity contribution >= 4 is 36.8 Å². The summed E-state index contributed by atoms with van der Waals surface area (Å²) in [7, 11) is 0. The van der Waals surface area contributed by atoms with E-state index in [0.29, 0.717) is 48.4 Å². The van der Waals surface area contributed by atoms with Crippen LogP contribution in [0, 0.1) is 13.8 Å². The predicted molar refractivity (Wildman–Crippen MR) is 151 cm³/mol. The minimum atomic E-state index is -0.833. The molecule has 0 amide bonds. The minimum Gasteiger partial charge on any atom is -0.507 e. The molecule has 0 fully saturated rings. The summed E-state index contributed by atoms with van der Waals surface area (Å²) in [4.78, 5) is 35.7. The Labute approximate surface area is 256 Å². The number of hydrogen-bond donors (Lipinski definition) is 4. The molecule has 0 spiro atoms. The molecule has 1 heterocycles. The minimum absolute atomic E-state index is 0. The Morgan fingerprint density at radius 2 is 0.775 bits per heavy atom. The van der Waals surface area contributed by atoms with Gasteiger partial charge in [-0.2, -0.15) is 0 Å². The molecule has 218 valence electrons. The quantitative estimate of drug-likeness (QED) is 0.319. The Bertz CT molecular complexity index is 1040. The number of hydrogen-bond acceptors (Lipinski definition) is 8. The molecule has 0 saturated heterocycles. The van der Waals surface area contributed by atoms with Crippen molar-refractivity contribution < 1.29 is 64.2 Å². The number of phenolic OH excluding ortho intramolecular Hbond substituents is 2. The number of aliphatic imine (C=N–C) groups is 4. The monoisotopic (exact) mass is 634 g/mol. The van der Waals surface area contributed by atoms with Crippen LogP contribution in [0.2, 0.25) is 0 Å². The smallest absolute Gasteiger partial charge is 0.300 e. The van der Waals surface area contributed by atoms with Crippen molar-refractivity contribution in [2.24, 2.45) is 20.0 Å². The van der Waals surface area contributed by atoms with Gasteiger partial charge in [0.25, 0.3) is 11.9 Å². The van der Waals surface area contributed by atoms with Crippen LogP contribution in [-0.4, -0.2) is 83.4 Å². The van der Waals surface area contributed by atoms with Crippen LogP contribution in [0.5, 0.6) is 11.5 Å². The average Bonchev–Trinajstić information content (AvgIpc) is 2.81. The Kier molecular flexibility index (Phi) is 20.9. The van der Waals surface area contributed by atoms with E-state index < -0.39 is 11.9 Å². The second-order valence-electron chi connectivity index (χ2n) is 8.47. The molecule has 1 aliphatic rings. The van der Waals surface area contributed by atoms with Crippen molar-refractivity contribution in [1.82, 2.24) is 0 Å². The number of nitrogens with zero attached hydrogens (tertiary/aromatic N) is 4. The number of aliphatic carboxylic acids is 2. The Morgan fingerprint density at radius 3 is 0.975 bits per heavy atom. The summed E-state index contributed by atoms with van der Waals surface area (Å²) < 4.78 is 0. The van der Waals surface area contributed by atoms with E-state index in [-0.39, 0.29) is 45.6 Å². The van der Waals surface area contributed by atoms with Crippen LogP contribution >= 0.6 is 0 Å². The summed E-state index contributed by atoms with van der Waals surface area (Å²) in [6.07, 6.45) is 8.36. The summed E-state index contributed by atoms with van der Waals surface area (Å²) in [5.74, 6) is -1.27. The third-order valence-corrected chi connectivity index (χ3v) is 4.70. The zero-order valence-corrected chi connectivity index (χ0v) is 25.4. The maximum Gasteiger partial charge on any atom is 0.300 e. The first-order valence-corrected chi connectivity index (χ1v) is 12.1. The molecule has 1 aliphatic heterocycles. The van der Waals surface area contributed by atoms with Crippen LogP contribution in [0.25, 0.3) is 0 Å². The predicted octanol–water partition coefficient (Wildman–Crippen LogP) is 4.06. The Morgan fingerprint density at radius 1 is 0.575 bits per heavy atom. The van der Waals surface area contributed by atoms with Gasteiger partial charge in [-0.25, -0.2) is 0 Å². The number of benzene rings is 2. The first-order chi connectivity index (χ1) is 18.0. The van der Waals surface area contributed by atoms with Crippen LogP contribution in [0.1, 0.15) is 60.1 Å². The molecule has 0 saturated carbocycles. The molecule has 0 aromatic heterocycles. The fourth-order valence-electron chi connectivity index (χ4n) is 3.22. The van der Waals surface area contributed by atoms with E-state index in [1.807, 2.05) is 38.1 Å². The number of fused-ring (bicyclic) bond motifs is 4. The maximum absolute atomic E-state index is 10.5. The van der Waals surface area contributed by atoms with Crippen LogP contribution < -0.4 is 0 Å². The van der Waals surface area contributed by atoms with E-state index in [1.54, 1.807) is 24.9 Å². The molecule has 0 aliphatic carbocycles. The molecule has 3 rings (SSSR count). The summed E-state index contributed by atoms with van der Waals surface area (Å²) in [6.45, 7) is 8.55. The maximum atomic E-state index is 10.5. The van der Waals surface area contributed by atoms with Gasteiger partial charge in [-0.1, -0.05) is 0 Å². The van der Waals surface area contributed by atoms with E-state index in [2.05, 4.69) is 20.0 Å². The van der Waals surface area contributed by atoms with E-state index in [9.17, 15) is 10.2 Å². The molecule has 2 aromatic carbocycles. The number of rotatable bonds is 0. The van der Waals surface area contributed by atoms with Crippen LogP contribution in [0.3, 0.4) is 0 Å². The van der Waals surface area contributed by atoms with Gasteiger partial charge in [0.2, 0.25) is 0 Å². The zero-order chi connectivity index (χ0) is 28.5. The van der Waals surface area contributed by atoms with Gasteiger partial charge in [0.05, 0.1) is 0 Å². The van der Waals surface area contributed by atoms with E-state index >= 15 is 0 Å². The fraction of sp³-hybridized carbons (Fsp3) is 0.357. The van der Waals surface area contributed by atoms with Gasteiger partial charge in [-0.05, 0) is 62.1 Å². The molecule has 40 heavy (non-hydrogen) atoms. The van der Waals surface area contributed by atoms with Gasteiger partial charge in [0.1, 0.15) is 11.5 Å². The van der Waals surface area contributed by atoms with Crippen molar-refractivity contribution in [3.05, 3.63) is 57.6 Å². The molecular weight excluding hydrogens is 598 g/mol. The molecule has 0 unspecified atom stereocenters. The average molecular weight is 634 g/mol. The van der Waals surface area contributed by atoms with Gasteiger partial charge in [0.15, 0.2) is 0 Å². The molecule has 4 N–H and O–H groups in total. The molecule has 4 bridgehead atoms. The van der Waals surface area contributed by atoms with Crippen molar-refractivity contribution in [2.45, 2.75) is 40.5 Å². The number of aryl methyl sites for hydroxylation is 2. The normalized spacial score (nSPS) is 12.7. The van der Waals surface area contributed by atoms with Crippen LogP contribution in [0.4, 0.5) is 0 Å². The number of aromatic hydroxyl groups is 2. The van der Waals surface area contributed by atoms with Gasteiger partial charge in [-0.15, -0.1) is 0 Å². The van der Waals surface area contributed by atoms with Crippen molar-refractivity contribution in [2.75, 3.05) is 26.2 Å². The second kappa shape index (κ2) is 21.5. The summed E-state index contributed by atoms with van der Waals surface area (Å²) in [6, 6.07) is 7.64. The zero-order valence-electron chi connectivity index (χ0n) is 23.0. The molecule has 2 radical (unpaired) electrons. The van der Waals surface area contributed by atoms with E-state index in [1.165, 1.54) is 0 Å². The van der Waals surface area contributed by atoms with Gasteiger partial charge in [-0.3, -0.25) is 29.6 Å². The fourth-order valence-corrected chi connectivity index (χ4v) is 3.22. The number of carboxylic acid groups (broad SMARTS) is 2. The first-order valence-electron chi connectivity index (χ1n) is 12.1. The summed E-state index contributed by atoms with van der Waals surface area (Å²) in [5, 5.41) is 35.8. The second-order valence-corrected chi connectivity index (χ2v) is 8.47. The Hall–Kier alpha value is -3.30. The molecular formula is C28H36Mn2N4O6. The SMILES string of the molecule is CC(=O)O.CC(=O)O.Cc1cc2c(O)c(c1)C=NCCCN=Cc1cc(C)cc(c1O)C=NCCCN=C2.[Mn].[Mn]. The number of phenols is 2. The molecule has 12 heteroatoms. The third-order valence-electron chi connectivity index (χ3n) is 4.70. The van der Waals surface area contributed by atoms with E-state index in [0.717, 1.165) is 37.8 Å². The van der Waals surface area contributed by atoms with Crippen molar-refractivity contribution in [1.29, 1.82) is 0 Å². The number of carbonyl (C=O) groups is 2. The van der Waals surface area contributed by atoms with Gasteiger partial charge >= 0.3 is 0 Å². The standard InChI is InChI=1S/C24H28N4O2.2C2H4O2.2Mn/c1-17-9-19-13-25-5-3-7-27-15-21-11-18(2)12-22(24(21)30)16-28-8-4-6-26-14-20(10-17)23(19)29;2*1-2(3)4;;/h9-16,29-30H,3-8H2,1-2H3;2*1H3,(H,3,4);;. The topological polar surface area (TPSA) is 164 Å². The summed E-state index contributed by atoms with van der Waals surface area (Å²) in [5.41, 5.74) is 4.85. The van der Waals surface area contributed by atoms with Gasteiger partial charge in [0, 0.05) is 121 Å². The first kappa shape index (κ1) is 38.8. The number of carboxylic acids is 2. The third kappa shape index (κ3) is 16.6. The van der Waals surface area contributed by atoms with Crippen LogP contribution in [-0.2, 0) is 43.7 Å². The van der Waals surface area contributed by atoms with Crippen molar-refractivity contribution in [3.8, 4) is 11.5 Å². The molecule has 10 nitrogen and oxygen atoms in total. The van der Waals surface area contributed by atoms with Crippen LogP contribution in [0.15, 0.2) is 44.2 Å². The van der Waals surface area contributed by atoms with Gasteiger partial charge < -0.3 is 20.4 Å². The molecule has 0 atom stereocenters. The largest absolute Gasteiger partial charge is 0.507 e. The molecule has 2 aromatic rings. The van der Waals surface area contributed by atoms with E-state index in [4.69, 9.17) is 19.8 Å². The Balaban J connectivity index is 0. The summed E-state index contributed by atoms with van der Waals surface area (Å²) >= 11 is 0.